The Morgan fingerprint density at radius 2 is 2.20 bits per heavy atom. The van der Waals surface area contributed by atoms with Gasteiger partial charge in [0.15, 0.2) is 0 Å². The molecule has 78 valence electrons. The Labute approximate surface area is 90.5 Å². The second-order valence-corrected chi connectivity index (χ2v) is 6.35. The first-order valence-corrected chi connectivity index (χ1v) is 6.76. The highest BCUT2D eigenvalue weighted by Gasteiger charge is 2.01. The molecule has 2 aromatic rings. The normalized spacial score (nSPS) is 11.5. The van der Waals surface area contributed by atoms with Gasteiger partial charge >= 0.3 is 5.97 Å². The van der Waals surface area contributed by atoms with Crippen LogP contribution in [0.3, 0.4) is 0 Å². The number of benzene rings is 1. The van der Waals surface area contributed by atoms with E-state index in [1.54, 1.807) is 24.3 Å². The minimum absolute atomic E-state index is 0.308. The standard InChI is InChI=1S/C7H8N3O2P3/c11-7(12)5-1-3-6(4-2-5)10-14-8-13-9-15-10/h1-4,8,13-14H,(H,11,12). The predicted octanol–water partition coefficient (Wildman–Crippen LogP) is 2.67. The van der Waals surface area contributed by atoms with Crippen molar-refractivity contribution in [2.24, 2.45) is 0 Å². The van der Waals surface area contributed by atoms with Crippen LogP contribution in [0.25, 0.3) is 5.69 Å². The number of H-pyrrole nitrogens is 1. The second-order valence-electron chi connectivity index (χ2n) is 2.70. The van der Waals surface area contributed by atoms with Crippen LogP contribution in [0.15, 0.2) is 24.3 Å². The lowest BCUT2D eigenvalue weighted by Gasteiger charge is -2.03. The molecular formula is C7H8N3O2P3. The number of aromatic carboxylic acids is 1. The van der Waals surface area contributed by atoms with E-state index in [-0.39, 0.29) is 0 Å². The van der Waals surface area contributed by atoms with Crippen molar-refractivity contribution in [3.8, 4) is 5.69 Å². The van der Waals surface area contributed by atoms with Crippen LogP contribution in [0, 0.1) is 0 Å². The van der Waals surface area contributed by atoms with Gasteiger partial charge in [0, 0.05) is 17.0 Å². The molecule has 2 unspecified atom stereocenters. The van der Waals surface area contributed by atoms with Crippen molar-refractivity contribution in [1.82, 2.24) is 13.1 Å². The quantitative estimate of drug-likeness (QED) is 0.870. The lowest BCUT2D eigenvalue weighted by molar-refractivity contribution is 0.0697. The van der Waals surface area contributed by atoms with Crippen molar-refractivity contribution in [3.05, 3.63) is 29.8 Å². The monoisotopic (exact) mass is 259 g/mol. The highest BCUT2D eigenvalue weighted by Crippen LogP contribution is 2.20. The van der Waals surface area contributed by atoms with Gasteiger partial charge in [0.25, 0.3) is 0 Å². The van der Waals surface area contributed by atoms with Gasteiger partial charge in [-0.1, -0.05) is 0 Å². The number of carbonyl (C=O) groups is 1. The molecule has 0 aliphatic heterocycles. The number of nitrogens with one attached hydrogen (secondary N) is 1. The molecular weight excluding hydrogens is 251 g/mol. The SMILES string of the molecule is O=C(O)c1ccc(-n2pn[pH][nH][pH]2)cc1. The zero-order valence-corrected chi connectivity index (χ0v) is 10.4. The highest BCUT2D eigenvalue weighted by atomic mass is 31.1. The molecule has 5 nitrogen and oxygen atoms in total. The molecule has 0 aliphatic rings. The smallest absolute Gasteiger partial charge is 0.335 e. The zero-order chi connectivity index (χ0) is 10.7. The first-order chi connectivity index (χ1) is 7.27. The van der Waals surface area contributed by atoms with Crippen molar-refractivity contribution in [2.75, 3.05) is 0 Å². The third-order valence-electron chi connectivity index (χ3n) is 1.76. The van der Waals surface area contributed by atoms with Crippen molar-refractivity contribution < 1.29 is 9.90 Å². The van der Waals surface area contributed by atoms with Gasteiger partial charge in [0.1, 0.15) is 8.51 Å². The molecule has 2 rings (SSSR count). The lowest BCUT2D eigenvalue weighted by Crippen LogP contribution is -1.96. The number of carboxylic acids is 1. The van der Waals surface area contributed by atoms with E-state index in [1.807, 2.05) is 4.09 Å². The molecule has 0 aliphatic carbocycles. The minimum Gasteiger partial charge on any atom is -0.478 e. The number of aromatic nitrogens is 3. The van der Waals surface area contributed by atoms with E-state index in [1.165, 1.54) is 0 Å². The topological polar surface area (TPSA) is 70.9 Å². The molecule has 0 amide bonds. The van der Waals surface area contributed by atoms with Gasteiger partial charge in [-0.2, -0.15) is 4.51 Å². The number of carboxylic acid groups (broad SMARTS) is 1. The molecule has 1 aromatic carbocycles. The van der Waals surface area contributed by atoms with Gasteiger partial charge in [-0.15, -0.1) is 0 Å². The fourth-order valence-corrected chi connectivity index (χ4v) is 4.41. The maximum atomic E-state index is 10.6. The van der Waals surface area contributed by atoms with Gasteiger partial charge in [-0.05, 0) is 24.3 Å². The maximum absolute atomic E-state index is 10.6. The number of nitrogens with zero attached hydrogens (tertiary/aromatic N) is 2. The first-order valence-electron chi connectivity index (χ1n) is 4.07. The van der Waals surface area contributed by atoms with E-state index in [0.717, 1.165) is 14.2 Å². The largest absolute Gasteiger partial charge is 0.478 e. The summed E-state index contributed by atoms with van der Waals surface area (Å²) >= 11 is 0. The summed E-state index contributed by atoms with van der Waals surface area (Å²) in [5.74, 6) is -0.899. The summed E-state index contributed by atoms with van der Waals surface area (Å²) in [4.78, 5) is 10.6. The Kier molecular flexibility index (Phi) is 3.27. The fraction of sp³-hybridized carbons (Fsp3) is 0. The van der Waals surface area contributed by atoms with E-state index < -0.39 is 5.97 Å². The summed E-state index contributed by atoms with van der Waals surface area (Å²) in [6.45, 7) is 0. The van der Waals surface area contributed by atoms with Crippen molar-refractivity contribution in [1.29, 1.82) is 0 Å². The van der Waals surface area contributed by atoms with Crippen LogP contribution in [0.1, 0.15) is 10.4 Å². The minimum atomic E-state index is -0.899. The summed E-state index contributed by atoms with van der Waals surface area (Å²) in [5.41, 5.74) is 1.29. The fourth-order valence-electron chi connectivity index (χ4n) is 1.05. The summed E-state index contributed by atoms with van der Waals surface area (Å²) < 4.78 is 9.40. The van der Waals surface area contributed by atoms with Crippen molar-refractivity contribution >= 4 is 31.5 Å². The van der Waals surface area contributed by atoms with Crippen LogP contribution in [-0.2, 0) is 0 Å². The Bertz CT molecular complexity index is 477. The Morgan fingerprint density at radius 3 is 2.73 bits per heavy atom. The Morgan fingerprint density at radius 1 is 1.47 bits per heavy atom. The molecule has 1 aromatic heterocycles. The number of hydrogen-bond donors (Lipinski definition) is 2. The molecule has 2 atom stereocenters. The summed E-state index contributed by atoms with van der Waals surface area (Å²) in [6, 6.07) is 6.81. The molecule has 0 bridgehead atoms. The Balaban J connectivity index is 2.36. The van der Waals surface area contributed by atoms with Crippen molar-refractivity contribution in [3.63, 3.8) is 0 Å². The highest BCUT2D eigenvalue weighted by molar-refractivity contribution is 7.44. The number of rotatable bonds is 2. The van der Waals surface area contributed by atoms with Crippen LogP contribution in [-0.4, -0.2) is 24.2 Å². The summed E-state index contributed by atoms with van der Waals surface area (Å²) in [7, 11) is 1.89. The maximum Gasteiger partial charge on any atom is 0.335 e. The molecule has 0 spiro atoms. The number of aromatic amines is 1. The average Bonchev–Trinajstić information content (AvgIpc) is 2.30. The molecule has 0 saturated heterocycles. The van der Waals surface area contributed by atoms with Gasteiger partial charge in [-0.3, -0.25) is 4.09 Å². The van der Waals surface area contributed by atoms with E-state index in [9.17, 15) is 4.79 Å². The molecule has 1 heterocycles. The molecule has 0 fully saturated rings. The molecule has 2 N–H and O–H groups in total. The molecule has 0 radical (unpaired) electrons. The zero-order valence-electron chi connectivity index (χ0n) is 7.51. The van der Waals surface area contributed by atoms with Crippen molar-refractivity contribution in [2.45, 2.75) is 0 Å². The number of hydrogen-bond acceptors (Lipinski definition) is 2. The van der Waals surface area contributed by atoms with Crippen LogP contribution in [0.4, 0.5) is 0 Å². The summed E-state index contributed by atoms with van der Waals surface area (Å²) in [5, 5.41) is 8.74. The first kappa shape index (κ1) is 10.5. The van der Waals surface area contributed by atoms with Gasteiger partial charge in [-0.25, -0.2) is 4.79 Å². The van der Waals surface area contributed by atoms with E-state index in [2.05, 4.69) is 9.02 Å². The molecule has 0 saturated carbocycles. The molecule has 8 heteroatoms. The second kappa shape index (κ2) is 4.67. The summed E-state index contributed by atoms with van der Waals surface area (Å²) in [6.07, 6.45) is 0. The van der Waals surface area contributed by atoms with Crippen LogP contribution >= 0.6 is 25.5 Å². The van der Waals surface area contributed by atoms with Crippen LogP contribution < -0.4 is 0 Å². The third-order valence-corrected chi connectivity index (χ3v) is 4.86. The van der Waals surface area contributed by atoms with E-state index >= 15 is 0 Å². The third kappa shape index (κ3) is 2.51. The average molecular weight is 259 g/mol. The predicted molar refractivity (Wildman–Crippen MR) is 64.0 cm³/mol. The van der Waals surface area contributed by atoms with Gasteiger partial charge < -0.3 is 9.62 Å². The lowest BCUT2D eigenvalue weighted by atomic mass is 10.2. The van der Waals surface area contributed by atoms with Gasteiger partial charge in [0.2, 0.25) is 0 Å². The van der Waals surface area contributed by atoms with Crippen LogP contribution in [0.2, 0.25) is 0 Å². The van der Waals surface area contributed by atoms with E-state index in [0.29, 0.717) is 22.6 Å². The van der Waals surface area contributed by atoms with Crippen LogP contribution in [0.5, 0.6) is 0 Å². The van der Waals surface area contributed by atoms with E-state index in [4.69, 9.17) is 5.11 Å². The van der Waals surface area contributed by atoms with Gasteiger partial charge in [0.05, 0.1) is 11.3 Å². The Hall–Kier alpha value is -1.01. The molecule has 15 heavy (non-hydrogen) atoms.